The Morgan fingerprint density at radius 1 is 1.50 bits per heavy atom. The number of hydrogen-bond acceptors (Lipinski definition) is 1. The minimum atomic E-state index is -0.183. The van der Waals surface area contributed by atoms with Crippen molar-refractivity contribution in [2.24, 2.45) is 0 Å². The molecule has 48 valence electrons. The van der Waals surface area contributed by atoms with Gasteiger partial charge in [-0.05, 0) is 19.8 Å². The van der Waals surface area contributed by atoms with Crippen LogP contribution >= 0.6 is 0 Å². The van der Waals surface area contributed by atoms with Crippen molar-refractivity contribution in [2.45, 2.75) is 32.8 Å². The monoisotopic (exact) mass is 114 g/mol. The molecule has 0 heterocycles. The summed E-state index contributed by atoms with van der Waals surface area (Å²) in [6.07, 6.45) is 5.73. The molecule has 0 radical (unpaired) electrons. The van der Waals surface area contributed by atoms with E-state index in [1.165, 1.54) is 0 Å². The molecule has 0 aromatic heterocycles. The molecule has 0 saturated heterocycles. The normalized spacial score (nSPS) is 14.9. The van der Waals surface area contributed by atoms with Crippen LogP contribution in [-0.2, 0) is 0 Å². The predicted octanol–water partition coefficient (Wildman–Crippen LogP) is 1.72. The van der Waals surface area contributed by atoms with Gasteiger partial charge in [0.1, 0.15) is 0 Å². The topological polar surface area (TPSA) is 20.2 Å². The first-order valence-corrected chi connectivity index (χ1v) is 3.10. The Morgan fingerprint density at radius 2 is 2.12 bits per heavy atom. The van der Waals surface area contributed by atoms with E-state index in [0.29, 0.717) is 0 Å². The van der Waals surface area contributed by atoms with E-state index in [-0.39, 0.29) is 6.10 Å². The van der Waals surface area contributed by atoms with Crippen molar-refractivity contribution in [3.05, 3.63) is 12.2 Å². The van der Waals surface area contributed by atoms with Crippen molar-refractivity contribution in [1.29, 1.82) is 0 Å². The van der Waals surface area contributed by atoms with Gasteiger partial charge in [-0.25, -0.2) is 0 Å². The fourth-order valence-electron chi connectivity index (χ4n) is 0.460. The smallest absolute Gasteiger partial charge is 0.0546 e. The van der Waals surface area contributed by atoms with E-state index < -0.39 is 0 Å². The molecular formula is C7H14O. The second-order valence-electron chi connectivity index (χ2n) is 1.96. The molecule has 0 amide bonds. The number of allylic oxidation sites excluding steroid dienone is 1. The molecule has 0 aliphatic carbocycles. The quantitative estimate of drug-likeness (QED) is 0.554. The Balaban J connectivity index is 3.03. The Morgan fingerprint density at radius 3 is 2.50 bits per heavy atom. The van der Waals surface area contributed by atoms with E-state index in [2.05, 4.69) is 13.0 Å². The maximum atomic E-state index is 8.73. The van der Waals surface area contributed by atoms with Gasteiger partial charge in [-0.15, -0.1) is 0 Å². The lowest BCUT2D eigenvalue weighted by atomic mass is 10.2. The van der Waals surface area contributed by atoms with Crippen LogP contribution in [0.25, 0.3) is 0 Å². The molecule has 8 heavy (non-hydrogen) atoms. The van der Waals surface area contributed by atoms with Crippen LogP contribution in [0, 0.1) is 0 Å². The van der Waals surface area contributed by atoms with E-state index in [1.807, 2.05) is 6.08 Å². The van der Waals surface area contributed by atoms with Crippen molar-refractivity contribution < 1.29 is 5.11 Å². The summed E-state index contributed by atoms with van der Waals surface area (Å²) in [5.41, 5.74) is 0. The van der Waals surface area contributed by atoms with Crippen LogP contribution in [0.5, 0.6) is 0 Å². The summed E-state index contributed by atoms with van der Waals surface area (Å²) in [5, 5.41) is 8.73. The average Bonchev–Trinajstić information content (AvgIpc) is 1.66. The molecule has 0 bridgehead atoms. The molecule has 0 unspecified atom stereocenters. The third-order valence-corrected chi connectivity index (χ3v) is 0.880. The fourth-order valence-corrected chi connectivity index (χ4v) is 0.460. The van der Waals surface area contributed by atoms with Gasteiger partial charge in [0.15, 0.2) is 0 Å². The lowest BCUT2D eigenvalue weighted by Gasteiger charge is -1.94. The van der Waals surface area contributed by atoms with E-state index in [0.717, 1.165) is 12.8 Å². The lowest BCUT2D eigenvalue weighted by Crippen LogP contribution is -1.94. The minimum absolute atomic E-state index is 0.183. The first kappa shape index (κ1) is 7.70. The Bertz CT molecular complexity index is 64.8. The second-order valence-corrected chi connectivity index (χ2v) is 1.96. The molecule has 1 heteroatoms. The second kappa shape index (κ2) is 4.85. The maximum Gasteiger partial charge on any atom is 0.0546 e. The highest BCUT2D eigenvalue weighted by atomic mass is 16.3. The Kier molecular flexibility index (Phi) is 4.67. The summed E-state index contributed by atoms with van der Waals surface area (Å²) in [6, 6.07) is 0. The van der Waals surface area contributed by atoms with Crippen molar-refractivity contribution in [3.8, 4) is 0 Å². The van der Waals surface area contributed by atoms with Crippen LogP contribution in [0.4, 0.5) is 0 Å². The summed E-state index contributed by atoms with van der Waals surface area (Å²) in [6.45, 7) is 3.87. The van der Waals surface area contributed by atoms with Gasteiger partial charge >= 0.3 is 0 Å². The molecule has 0 spiro atoms. The zero-order valence-electron chi connectivity index (χ0n) is 5.59. The summed E-state index contributed by atoms with van der Waals surface area (Å²) in [5.74, 6) is 0. The molecule has 0 aromatic carbocycles. The predicted molar refractivity (Wildman–Crippen MR) is 35.7 cm³/mol. The zero-order valence-corrected chi connectivity index (χ0v) is 5.59. The van der Waals surface area contributed by atoms with Gasteiger partial charge in [0.2, 0.25) is 0 Å². The molecule has 1 nitrogen and oxygen atoms in total. The first-order valence-electron chi connectivity index (χ1n) is 3.10. The lowest BCUT2D eigenvalue weighted by molar-refractivity contribution is 0.198. The van der Waals surface area contributed by atoms with Crippen molar-refractivity contribution in [2.75, 3.05) is 0 Å². The van der Waals surface area contributed by atoms with Crippen molar-refractivity contribution in [3.63, 3.8) is 0 Å². The summed E-state index contributed by atoms with van der Waals surface area (Å²) in [4.78, 5) is 0. The van der Waals surface area contributed by atoms with E-state index in [1.54, 1.807) is 6.92 Å². The van der Waals surface area contributed by atoms with Crippen molar-refractivity contribution in [1.82, 2.24) is 0 Å². The molecule has 1 N–H and O–H groups in total. The average molecular weight is 114 g/mol. The van der Waals surface area contributed by atoms with Crippen LogP contribution in [0.2, 0.25) is 0 Å². The van der Waals surface area contributed by atoms with Crippen LogP contribution in [-0.4, -0.2) is 11.2 Å². The Hall–Kier alpha value is -0.300. The molecule has 0 fully saturated rings. The van der Waals surface area contributed by atoms with Crippen LogP contribution in [0.15, 0.2) is 12.2 Å². The Labute approximate surface area is 51.0 Å². The van der Waals surface area contributed by atoms with Gasteiger partial charge in [-0.2, -0.15) is 0 Å². The highest BCUT2D eigenvalue weighted by Crippen LogP contribution is 1.91. The van der Waals surface area contributed by atoms with E-state index in [9.17, 15) is 0 Å². The van der Waals surface area contributed by atoms with Gasteiger partial charge in [-0.1, -0.05) is 19.1 Å². The summed E-state index contributed by atoms with van der Waals surface area (Å²) in [7, 11) is 0. The SMILES string of the molecule is CCC=CC[C@@H](C)O. The van der Waals surface area contributed by atoms with Crippen LogP contribution < -0.4 is 0 Å². The minimum Gasteiger partial charge on any atom is -0.393 e. The highest BCUT2D eigenvalue weighted by Gasteiger charge is 1.86. The van der Waals surface area contributed by atoms with Gasteiger partial charge in [0, 0.05) is 0 Å². The van der Waals surface area contributed by atoms with Gasteiger partial charge in [0.25, 0.3) is 0 Å². The van der Waals surface area contributed by atoms with E-state index in [4.69, 9.17) is 5.11 Å². The third-order valence-electron chi connectivity index (χ3n) is 0.880. The number of aliphatic hydroxyl groups is 1. The van der Waals surface area contributed by atoms with Crippen LogP contribution in [0.1, 0.15) is 26.7 Å². The largest absolute Gasteiger partial charge is 0.393 e. The number of aliphatic hydroxyl groups excluding tert-OH is 1. The number of rotatable bonds is 3. The standard InChI is InChI=1S/C7H14O/c1-3-4-5-6-7(2)8/h4-5,7-8H,3,6H2,1-2H3/t7-/m1/s1. The molecule has 1 atom stereocenters. The molecule has 0 rings (SSSR count). The van der Waals surface area contributed by atoms with Crippen molar-refractivity contribution >= 4 is 0 Å². The molecule has 0 aliphatic rings. The fraction of sp³-hybridized carbons (Fsp3) is 0.714. The highest BCUT2D eigenvalue weighted by molar-refractivity contribution is 4.81. The summed E-state index contributed by atoms with van der Waals surface area (Å²) < 4.78 is 0. The van der Waals surface area contributed by atoms with Gasteiger partial charge < -0.3 is 5.11 Å². The van der Waals surface area contributed by atoms with Gasteiger partial charge in [-0.3, -0.25) is 0 Å². The van der Waals surface area contributed by atoms with E-state index >= 15 is 0 Å². The zero-order chi connectivity index (χ0) is 6.41. The number of hydrogen-bond donors (Lipinski definition) is 1. The first-order chi connectivity index (χ1) is 3.77. The maximum absolute atomic E-state index is 8.73. The molecule has 0 aliphatic heterocycles. The van der Waals surface area contributed by atoms with Gasteiger partial charge in [0.05, 0.1) is 6.10 Å². The summed E-state index contributed by atoms with van der Waals surface area (Å²) >= 11 is 0. The third kappa shape index (κ3) is 5.70. The molecular weight excluding hydrogens is 100 g/mol. The molecule has 0 saturated carbocycles. The molecule has 0 aromatic rings. The van der Waals surface area contributed by atoms with Crippen LogP contribution in [0.3, 0.4) is 0 Å².